The van der Waals surface area contributed by atoms with Gasteiger partial charge in [0.2, 0.25) is 0 Å². The predicted octanol–water partition coefficient (Wildman–Crippen LogP) is 3.76. The van der Waals surface area contributed by atoms with Crippen molar-refractivity contribution in [2.45, 2.75) is 26.3 Å². The molecular formula is C19H19N5. The number of hydrogen-bond donors (Lipinski definition) is 0. The summed E-state index contributed by atoms with van der Waals surface area (Å²) in [6, 6.07) is 14.4. The van der Waals surface area contributed by atoms with Gasteiger partial charge in [-0.15, -0.1) is 10.2 Å². The molecule has 0 spiro atoms. The Morgan fingerprint density at radius 1 is 0.917 bits per heavy atom. The molecule has 1 aromatic carbocycles. The van der Waals surface area contributed by atoms with Crippen molar-refractivity contribution in [2.75, 3.05) is 0 Å². The van der Waals surface area contributed by atoms with Gasteiger partial charge in [-0.1, -0.05) is 44.2 Å². The van der Waals surface area contributed by atoms with Gasteiger partial charge in [0.15, 0.2) is 5.65 Å². The van der Waals surface area contributed by atoms with Crippen LogP contribution in [0.2, 0.25) is 0 Å². The van der Waals surface area contributed by atoms with Crippen molar-refractivity contribution in [3.63, 3.8) is 0 Å². The summed E-state index contributed by atoms with van der Waals surface area (Å²) in [4.78, 5) is 0. The number of rotatable bonds is 4. The summed E-state index contributed by atoms with van der Waals surface area (Å²) >= 11 is 0. The van der Waals surface area contributed by atoms with E-state index in [-0.39, 0.29) is 0 Å². The molecule has 5 nitrogen and oxygen atoms in total. The van der Waals surface area contributed by atoms with E-state index in [9.17, 15) is 0 Å². The maximum atomic E-state index is 4.49. The summed E-state index contributed by atoms with van der Waals surface area (Å²) in [5.41, 5.74) is 4.32. The van der Waals surface area contributed by atoms with Gasteiger partial charge in [-0.25, -0.2) is 0 Å². The minimum absolute atomic E-state index is 0.330. The summed E-state index contributed by atoms with van der Waals surface area (Å²) in [5, 5.41) is 13.0. The number of pyridine rings is 1. The number of benzene rings is 1. The third-order valence-electron chi connectivity index (χ3n) is 4.10. The standard InChI is InChI=1S/C19H19N5/c1-14(2)19-22-21-18-9-8-16(13-24(18)19)17-10-20-23(12-17)11-15-6-4-3-5-7-15/h3-10,12-14H,11H2,1-2H3. The molecule has 3 aromatic heterocycles. The van der Waals surface area contributed by atoms with Crippen molar-refractivity contribution in [3.05, 3.63) is 72.4 Å². The van der Waals surface area contributed by atoms with Gasteiger partial charge in [-0.05, 0) is 17.7 Å². The van der Waals surface area contributed by atoms with Crippen LogP contribution in [-0.2, 0) is 6.54 Å². The van der Waals surface area contributed by atoms with Crippen molar-refractivity contribution in [2.24, 2.45) is 0 Å². The van der Waals surface area contributed by atoms with E-state index < -0.39 is 0 Å². The molecule has 3 heterocycles. The molecule has 120 valence electrons. The lowest BCUT2D eigenvalue weighted by Crippen LogP contribution is -1.99. The van der Waals surface area contributed by atoms with Crippen LogP contribution in [-0.4, -0.2) is 24.4 Å². The Morgan fingerprint density at radius 3 is 2.54 bits per heavy atom. The SMILES string of the molecule is CC(C)c1nnc2ccc(-c3cnn(Cc4ccccc4)c3)cn12. The first kappa shape index (κ1) is 14.6. The zero-order chi connectivity index (χ0) is 16.5. The number of nitrogens with zero attached hydrogens (tertiary/aromatic N) is 5. The average molecular weight is 317 g/mol. The highest BCUT2D eigenvalue weighted by molar-refractivity contribution is 5.63. The topological polar surface area (TPSA) is 48.0 Å². The van der Waals surface area contributed by atoms with Gasteiger partial charge in [0.1, 0.15) is 5.82 Å². The maximum Gasteiger partial charge on any atom is 0.160 e. The zero-order valence-electron chi connectivity index (χ0n) is 13.8. The lowest BCUT2D eigenvalue weighted by Gasteiger charge is -2.04. The van der Waals surface area contributed by atoms with E-state index in [1.54, 1.807) is 0 Å². The van der Waals surface area contributed by atoms with Crippen molar-refractivity contribution in [3.8, 4) is 11.1 Å². The van der Waals surface area contributed by atoms with Gasteiger partial charge in [0.05, 0.1) is 12.7 Å². The van der Waals surface area contributed by atoms with Crippen LogP contribution in [0.4, 0.5) is 0 Å². The van der Waals surface area contributed by atoms with Crippen LogP contribution in [0, 0.1) is 0 Å². The number of hydrogen-bond acceptors (Lipinski definition) is 3. The fraction of sp³-hybridized carbons (Fsp3) is 0.211. The van der Waals surface area contributed by atoms with Crippen molar-refractivity contribution >= 4 is 5.65 Å². The molecule has 0 saturated heterocycles. The Morgan fingerprint density at radius 2 is 1.75 bits per heavy atom. The number of aromatic nitrogens is 5. The molecule has 24 heavy (non-hydrogen) atoms. The monoisotopic (exact) mass is 317 g/mol. The van der Waals surface area contributed by atoms with Crippen molar-refractivity contribution in [1.29, 1.82) is 0 Å². The molecule has 0 aliphatic rings. The minimum atomic E-state index is 0.330. The van der Waals surface area contributed by atoms with Crippen molar-refractivity contribution < 1.29 is 0 Å². The molecule has 4 aromatic rings. The van der Waals surface area contributed by atoms with E-state index >= 15 is 0 Å². The molecule has 0 unspecified atom stereocenters. The molecular weight excluding hydrogens is 298 g/mol. The van der Waals surface area contributed by atoms with E-state index in [1.807, 2.05) is 35.1 Å². The van der Waals surface area contributed by atoms with E-state index in [0.717, 1.165) is 29.1 Å². The Balaban J connectivity index is 1.66. The summed E-state index contributed by atoms with van der Waals surface area (Å²) in [6.07, 6.45) is 6.08. The predicted molar refractivity (Wildman–Crippen MR) is 93.8 cm³/mol. The third kappa shape index (κ3) is 2.69. The van der Waals surface area contributed by atoms with Crippen LogP contribution in [0.25, 0.3) is 16.8 Å². The maximum absolute atomic E-state index is 4.49. The highest BCUT2D eigenvalue weighted by Gasteiger charge is 2.11. The molecule has 0 aliphatic carbocycles. The molecule has 5 heteroatoms. The normalized spacial score (nSPS) is 11.5. The molecule has 0 amide bonds. The Hall–Kier alpha value is -2.95. The van der Waals surface area contributed by atoms with E-state index in [0.29, 0.717) is 5.92 Å². The molecule has 4 rings (SSSR count). The number of fused-ring (bicyclic) bond motifs is 1. The molecule has 0 bridgehead atoms. The Kier molecular flexibility index (Phi) is 3.61. The largest absolute Gasteiger partial charge is 0.286 e. The Labute approximate surface area is 140 Å². The first-order valence-electron chi connectivity index (χ1n) is 8.12. The summed E-state index contributed by atoms with van der Waals surface area (Å²) < 4.78 is 4.03. The first-order valence-corrected chi connectivity index (χ1v) is 8.12. The summed E-state index contributed by atoms with van der Waals surface area (Å²) in [7, 11) is 0. The second kappa shape index (κ2) is 5.92. The van der Waals surface area contributed by atoms with Gasteiger partial charge >= 0.3 is 0 Å². The molecule has 0 saturated carbocycles. The quantitative estimate of drug-likeness (QED) is 0.576. The van der Waals surface area contributed by atoms with Crippen molar-refractivity contribution in [1.82, 2.24) is 24.4 Å². The van der Waals surface area contributed by atoms with Crippen LogP contribution in [0.15, 0.2) is 61.1 Å². The molecule has 0 N–H and O–H groups in total. The highest BCUT2D eigenvalue weighted by atomic mass is 15.3. The molecule has 0 fully saturated rings. The lowest BCUT2D eigenvalue weighted by molar-refractivity contribution is 0.687. The second-order valence-corrected chi connectivity index (χ2v) is 6.27. The molecule has 0 atom stereocenters. The smallest absolute Gasteiger partial charge is 0.160 e. The van der Waals surface area contributed by atoms with E-state index in [2.05, 4.69) is 64.1 Å². The average Bonchev–Trinajstić information content (AvgIpc) is 3.21. The van der Waals surface area contributed by atoms with Gasteiger partial charge in [0.25, 0.3) is 0 Å². The van der Waals surface area contributed by atoms with Crippen LogP contribution < -0.4 is 0 Å². The summed E-state index contributed by atoms with van der Waals surface area (Å²) in [6.45, 7) is 5.02. The van der Waals surface area contributed by atoms with Gasteiger partial charge in [-0.2, -0.15) is 5.10 Å². The van der Waals surface area contributed by atoms with Crippen LogP contribution in [0.5, 0.6) is 0 Å². The summed E-state index contributed by atoms with van der Waals surface area (Å²) in [5.74, 6) is 1.31. The first-order chi connectivity index (χ1) is 11.7. The van der Waals surface area contributed by atoms with Crippen LogP contribution in [0.3, 0.4) is 0 Å². The molecule has 0 aliphatic heterocycles. The fourth-order valence-electron chi connectivity index (χ4n) is 2.84. The van der Waals surface area contributed by atoms with Crippen LogP contribution in [0.1, 0.15) is 31.2 Å². The fourth-order valence-corrected chi connectivity index (χ4v) is 2.84. The second-order valence-electron chi connectivity index (χ2n) is 6.27. The van der Waals surface area contributed by atoms with E-state index in [4.69, 9.17) is 0 Å². The van der Waals surface area contributed by atoms with Gasteiger partial charge in [-0.3, -0.25) is 9.08 Å². The Bertz CT molecular complexity index is 966. The lowest BCUT2D eigenvalue weighted by atomic mass is 10.1. The van der Waals surface area contributed by atoms with Gasteiger partial charge in [0, 0.05) is 29.4 Å². The van der Waals surface area contributed by atoms with Gasteiger partial charge < -0.3 is 0 Å². The van der Waals surface area contributed by atoms with Crippen LogP contribution >= 0.6 is 0 Å². The van der Waals surface area contributed by atoms with E-state index in [1.165, 1.54) is 5.56 Å². The zero-order valence-corrected chi connectivity index (χ0v) is 13.8. The highest BCUT2D eigenvalue weighted by Crippen LogP contribution is 2.22. The molecule has 0 radical (unpaired) electrons. The minimum Gasteiger partial charge on any atom is -0.286 e. The third-order valence-corrected chi connectivity index (χ3v) is 4.10.